The zero-order valence-electron chi connectivity index (χ0n) is 6.94. The Morgan fingerprint density at radius 3 is 2.69 bits per heavy atom. The minimum Gasteiger partial charge on any atom is -0.508 e. The molecule has 1 atom stereocenters. The molecule has 1 aromatic carbocycles. The Kier molecular flexibility index (Phi) is 1.74. The van der Waals surface area contributed by atoms with Gasteiger partial charge in [-0.3, -0.25) is 0 Å². The molecule has 0 radical (unpaired) electrons. The molecule has 13 heavy (non-hydrogen) atoms. The summed E-state index contributed by atoms with van der Waals surface area (Å²) >= 11 is 0. The van der Waals surface area contributed by atoms with Crippen molar-refractivity contribution in [2.24, 2.45) is 0 Å². The van der Waals surface area contributed by atoms with E-state index in [4.69, 9.17) is 0 Å². The number of aliphatic hydroxyl groups excluding tert-OH is 2. The molecule has 0 fully saturated rings. The normalized spacial score (nSPS) is 20.7. The molecule has 1 aromatic rings. The molecule has 0 spiro atoms. The molecule has 0 heterocycles. The van der Waals surface area contributed by atoms with Crippen molar-refractivity contribution in [3.8, 4) is 5.75 Å². The van der Waals surface area contributed by atoms with Gasteiger partial charge in [0.2, 0.25) is 0 Å². The second-order valence-electron chi connectivity index (χ2n) is 3.08. The van der Waals surface area contributed by atoms with Crippen LogP contribution in [-0.4, -0.2) is 15.3 Å². The largest absolute Gasteiger partial charge is 0.508 e. The van der Waals surface area contributed by atoms with E-state index >= 15 is 0 Å². The molecule has 0 amide bonds. The summed E-state index contributed by atoms with van der Waals surface area (Å²) in [7, 11) is 0. The third-order valence-corrected chi connectivity index (χ3v) is 2.23. The van der Waals surface area contributed by atoms with Gasteiger partial charge in [-0.25, -0.2) is 0 Å². The maximum atomic E-state index is 9.54. The lowest BCUT2D eigenvalue weighted by atomic mass is 9.93. The average Bonchev–Trinajstić information content (AvgIpc) is 2.12. The zero-order chi connectivity index (χ0) is 9.42. The highest BCUT2D eigenvalue weighted by Crippen LogP contribution is 2.36. The van der Waals surface area contributed by atoms with E-state index in [9.17, 15) is 15.3 Å². The third kappa shape index (κ3) is 1.17. The van der Waals surface area contributed by atoms with Gasteiger partial charge in [0.25, 0.3) is 0 Å². The molecule has 3 nitrogen and oxygen atoms in total. The molecule has 1 unspecified atom stereocenters. The van der Waals surface area contributed by atoms with Gasteiger partial charge in [-0.2, -0.15) is 0 Å². The third-order valence-electron chi connectivity index (χ3n) is 2.23. The van der Waals surface area contributed by atoms with Crippen molar-refractivity contribution in [3.05, 3.63) is 35.4 Å². The molecular formula is C10H10O3. The second-order valence-corrected chi connectivity index (χ2v) is 3.08. The maximum Gasteiger partial charge on any atom is 0.122 e. The van der Waals surface area contributed by atoms with Gasteiger partial charge >= 0.3 is 0 Å². The highest BCUT2D eigenvalue weighted by atomic mass is 16.3. The van der Waals surface area contributed by atoms with Crippen LogP contribution in [0.5, 0.6) is 5.75 Å². The van der Waals surface area contributed by atoms with E-state index in [1.54, 1.807) is 18.2 Å². The Balaban J connectivity index is 2.66. The molecule has 0 aromatic heterocycles. The predicted molar refractivity (Wildman–Crippen MR) is 48.3 cm³/mol. The number of aromatic hydroxyl groups is 1. The Hall–Kier alpha value is -1.48. The van der Waals surface area contributed by atoms with E-state index in [2.05, 4.69) is 0 Å². The maximum absolute atomic E-state index is 9.54. The van der Waals surface area contributed by atoms with Gasteiger partial charge in [-0.1, -0.05) is 12.1 Å². The lowest BCUT2D eigenvalue weighted by molar-refractivity contribution is 0.174. The molecule has 0 aliphatic heterocycles. The van der Waals surface area contributed by atoms with Gasteiger partial charge in [0, 0.05) is 11.1 Å². The second kappa shape index (κ2) is 2.78. The summed E-state index contributed by atoms with van der Waals surface area (Å²) < 4.78 is 0. The zero-order valence-corrected chi connectivity index (χ0v) is 6.94. The number of benzene rings is 1. The van der Waals surface area contributed by atoms with Crippen molar-refractivity contribution >= 4 is 5.76 Å². The van der Waals surface area contributed by atoms with Crippen LogP contribution in [0.4, 0.5) is 0 Å². The number of rotatable bonds is 0. The first kappa shape index (κ1) is 8.13. The summed E-state index contributed by atoms with van der Waals surface area (Å²) in [6, 6.07) is 4.81. The van der Waals surface area contributed by atoms with Crippen molar-refractivity contribution in [2.45, 2.75) is 12.5 Å². The minimum absolute atomic E-state index is 0.0321. The van der Waals surface area contributed by atoms with Crippen LogP contribution in [0.25, 0.3) is 5.76 Å². The van der Waals surface area contributed by atoms with Gasteiger partial charge in [0.1, 0.15) is 11.5 Å². The van der Waals surface area contributed by atoms with E-state index in [1.807, 2.05) is 0 Å². The van der Waals surface area contributed by atoms with Crippen LogP contribution in [0, 0.1) is 0 Å². The Bertz CT molecular complexity index is 368. The highest BCUT2D eigenvalue weighted by Gasteiger charge is 2.21. The summed E-state index contributed by atoms with van der Waals surface area (Å²) in [5, 5.41) is 28.4. The summed E-state index contributed by atoms with van der Waals surface area (Å²) in [5.74, 6) is 0.154. The predicted octanol–water partition coefficient (Wildman–Crippen LogP) is 1.73. The lowest BCUT2D eigenvalue weighted by Gasteiger charge is -2.19. The average molecular weight is 178 g/mol. The first-order valence-electron chi connectivity index (χ1n) is 4.09. The number of phenolic OH excluding ortho intramolecular Hbond substituents is 1. The number of aliphatic hydroxyl groups is 2. The summed E-state index contributed by atoms with van der Waals surface area (Å²) in [6.07, 6.45) is 1.18. The fourth-order valence-electron chi connectivity index (χ4n) is 1.58. The Labute approximate surface area is 75.6 Å². The number of hydrogen-bond donors (Lipinski definition) is 3. The molecule has 1 aliphatic carbocycles. The molecule has 2 rings (SSSR count). The molecule has 0 bridgehead atoms. The fraction of sp³-hybridized carbons (Fsp3) is 0.200. The molecule has 0 saturated heterocycles. The summed E-state index contributed by atoms with van der Waals surface area (Å²) in [6.45, 7) is 0. The van der Waals surface area contributed by atoms with E-state index in [-0.39, 0.29) is 11.5 Å². The number of fused-ring (bicyclic) bond motifs is 1. The van der Waals surface area contributed by atoms with Crippen molar-refractivity contribution in [3.63, 3.8) is 0 Å². The first-order valence-corrected chi connectivity index (χ1v) is 4.09. The molecule has 1 aliphatic rings. The van der Waals surface area contributed by atoms with Crippen molar-refractivity contribution < 1.29 is 15.3 Å². The molecule has 3 heteroatoms. The number of hydrogen-bond acceptors (Lipinski definition) is 3. The lowest BCUT2D eigenvalue weighted by Crippen LogP contribution is -2.06. The quantitative estimate of drug-likeness (QED) is 0.567. The topological polar surface area (TPSA) is 60.7 Å². The van der Waals surface area contributed by atoms with E-state index in [0.717, 1.165) is 0 Å². The minimum atomic E-state index is -0.716. The van der Waals surface area contributed by atoms with Crippen molar-refractivity contribution in [1.29, 1.82) is 0 Å². The summed E-state index contributed by atoms with van der Waals surface area (Å²) in [4.78, 5) is 0. The van der Waals surface area contributed by atoms with Crippen LogP contribution in [-0.2, 0) is 0 Å². The smallest absolute Gasteiger partial charge is 0.122 e. The van der Waals surface area contributed by atoms with Crippen LogP contribution < -0.4 is 0 Å². The van der Waals surface area contributed by atoms with Gasteiger partial charge in [0.15, 0.2) is 0 Å². The van der Waals surface area contributed by atoms with Crippen LogP contribution in [0.15, 0.2) is 24.3 Å². The SMILES string of the molecule is OC1=CCC(O)c2c(O)cccc21. The fourth-order valence-corrected chi connectivity index (χ4v) is 1.58. The van der Waals surface area contributed by atoms with Crippen LogP contribution in [0.3, 0.4) is 0 Å². The highest BCUT2D eigenvalue weighted by molar-refractivity contribution is 5.67. The molecule has 0 saturated carbocycles. The van der Waals surface area contributed by atoms with Gasteiger partial charge in [-0.05, 0) is 18.6 Å². The van der Waals surface area contributed by atoms with Gasteiger partial charge in [-0.15, -0.1) is 0 Å². The van der Waals surface area contributed by atoms with Crippen molar-refractivity contribution in [1.82, 2.24) is 0 Å². The molecule has 68 valence electrons. The van der Waals surface area contributed by atoms with E-state index < -0.39 is 6.10 Å². The number of phenols is 1. The Morgan fingerprint density at radius 1 is 1.23 bits per heavy atom. The molecule has 3 N–H and O–H groups in total. The van der Waals surface area contributed by atoms with Gasteiger partial charge < -0.3 is 15.3 Å². The molecular weight excluding hydrogens is 168 g/mol. The van der Waals surface area contributed by atoms with Gasteiger partial charge in [0.05, 0.1) is 6.10 Å². The van der Waals surface area contributed by atoms with E-state index in [0.29, 0.717) is 17.5 Å². The van der Waals surface area contributed by atoms with E-state index in [1.165, 1.54) is 6.07 Å². The summed E-state index contributed by atoms with van der Waals surface area (Å²) in [5.41, 5.74) is 0.932. The Morgan fingerprint density at radius 2 is 2.00 bits per heavy atom. The van der Waals surface area contributed by atoms with Crippen LogP contribution in [0.1, 0.15) is 23.7 Å². The standard InChI is InChI=1S/C10H10O3/c11-7-4-5-9(13)10-6(7)2-1-3-8(10)12/h1-4,9,11-13H,5H2. The van der Waals surface area contributed by atoms with Crippen LogP contribution >= 0.6 is 0 Å². The monoisotopic (exact) mass is 178 g/mol. The first-order chi connectivity index (χ1) is 6.20. The van der Waals surface area contributed by atoms with Crippen molar-refractivity contribution in [2.75, 3.05) is 0 Å². The van der Waals surface area contributed by atoms with Crippen LogP contribution in [0.2, 0.25) is 0 Å².